The first-order chi connectivity index (χ1) is 12.6. The molecule has 0 aliphatic carbocycles. The van der Waals surface area contributed by atoms with Crippen molar-refractivity contribution in [2.45, 2.75) is 13.0 Å². The van der Waals surface area contributed by atoms with E-state index in [9.17, 15) is 9.59 Å². The largest absolute Gasteiger partial charge is 0.488 e. The Morgan fingerprint density at radius 3 is 2.65 bits per heavy atom. The van der Waals surface area contributed by atoms with Crippen LogP contribution in [-0.2, 0) is 20.9 Å². The molecule has 2 aromatic carbocycles. The van der Waals surface area contributed by atoms with Crippen molar-refractivity contribution in [1.29, 1.82) is 0 Å². The Morgan fingerprint density at radius 1 is 1.15 bits per heavy atom. The summed E-state index contributed by atoms with van der Waals surface area (Å²) in [4.78, 5) is 22.9. The third-order valence-electron chi connectivity index (χ3n) is 3.48. The highest BCUT2D eigenvalue weighted by atomic mass is 79.9. The first kappa shape index (κ1) is 19.7. The molecule has 2 rings (SSSR count). The number of nitrogens with one attached hydrogen (secondary N) is 1. The van der Waals surface area contributed by atoms with Gasteiger partial charge in [0.25, 0.3) is 0 Å². The molecule has 0 fully saturated rings. The standard InChI is InChI=1S/C20H20BrNO4/c1-25-20(24)11-12-22-19(23)10-7-16-13-17(21)8-9-18(16)26-14-15-5-3-2-4-6-15/h2-10,13H,11-12,14H2,1H3,(H,22,23)/b10-7+. The van der Waals surface area contributed by atoms with E-state index >= 15 is 0 Å². The van der Waals surface area contributed by atoms with E-state index in [1.165, 1.54) is 13.2 Å². The molecule has 1 amide bonds. The summed E-state index contributed by atoms with van der Waals surface area (Å²) in [5.41, 5.74) is 1.84. The van der Waals surface area contributed by atoms with E-state index in [4.69, 9.17) is 4.74 Å². The fourth-order valence-corrected chi connectivity index (χ4v) is 2.51. The summed E-state index contributed by atoms with van der Waals surface area (Å²) in [6.45, 7) is 0.667. The van der Waals surface area contributed by atoms with Crippen LogP contribution in [0.2, 0.25) is 0 Å². The van der Waals surface area contributed by atoms with Crippen LogP contribution in [0.25, 0.3) is 6.08 Å². The number of esters is 1. The maximum Gasteiger partial charge on any atom is 0.307 e. The number of ether oxygens (including phenoxy) is 2. The molecule has 136 valence electrons. The lowest BCUT2D eigenvalue weighted by atomic mass is 10.2. The SMILES string of the molecule is COC(=O)CCNC(=O)/C=C/c1cc(Br)ccc1OCc1ccccc1. The minimum absolute atomic E-state index is 0.137. The Bertz CT molecular complexity index is 775. The second kappa shape index (κ2) is 10.4. The van der Waals surface area contributed by atoms with E-state index in [0.29, 0.717) is 12.4 Å². The number of hydrogen-bond acceptors (Lipinski definition) is 4. The highest BCUT2D eigenvalue weighted by Gasteiger charge is 2.05. The Balaban J connectivity index is 1.97. The normalized spacial score (nSPS) is 10.5. The zero-order valence-corrected chi connectivity index (χ0v) is 16.0. The number of carbonyl (C=O) groups is 2. The molecule has 5 nitrogen and oxygen atoms in total. The Kier molecular flexibility index (Phi) is 7.89. The summed E-state index contributed by atoms with van der Waals surface area (Å²) >= 11 is 3.42. The summed E-state index contributed by atoms with van der Waals surface area (Å²) in [5, 5.41) is 2.63. The summed E-state index contributed by atoms with van der Waals surface area (Å²) < 4.78 is 11.3. The van der Waals surface area contributed by atoms with Gasteiger partial charge in [0.15, 0.2) is 0 Å². The first-order valence-electron chi connectivity index (χ1n) is 8.07. The summed E-state index contributed by atoms with van der Waals surface area (Å²) in [6, 6.07) is 15.5. The van der Waals surface area contributed by atoms with Gasteiger partial charge >= 0.3 is 5.97 Å². The van der Waals surface area contributed by atoms with E-state index in [1.807, 2.05) is 48.5 Å². The Morgan fingerprint density at radius 2 is 1.92 bits per heavy atom. The molecule has 0 aliphatic rings. The molecule has 0 saturated heterocycles. The van der Waals surface area contributed by atoms with Crippen molar-refractivity contribution < 1.29 is 19.1 Å². The first-order valence-corrected chi connectivity index (χ1v) is 8.87. The summed E-state index contributed by atoms with van der Waals surface area (Å²) in [6.07, 6.45) is 3.23. The zero-order valence-electron chi connectivity index (χ0n) is 14.4. The van der Waals surface area contributed by atoms with Gasteiger partial charge in [0, 0.05) is 22.7 Å². The molecule has 0 radical (unpaired) electrons. The Hall–Kier alpha value is -2.60. The second-order valence-corrected chi connectivity index (χ2v) is 6.32. The molecule has 0 saturated carbocycles. The number of halogens is 1. The van der Waals surface area contributed by atoms with Crippen LogP contribution in [0.15, 0.2) is 59.1 Å². The van der Waals surface area contributed by atoms with Gasteiger partial charge in [0.05, 0.1) is 13.5 Å². The molecule has 0 atom stereocenters. The molecule has 0 bridgehead atoms. The van der Waals surface area contributed by atoms with Crippen LogP contribution in [0.5, 0.6) is 5.75 Å². The number of rotatable bonds is 8. The van der Waals surface area contributed by atoms with Crippen molar-refractivity contribution in [3.63, 3.8) is 0 Å². The number of benzene rings is 2. The Labute approximate surface area is 161 Å². The molecule has 1 N–H and O–H groups in total. The van der Waals surface area contributed by atoms with Crippen LogP contribution in [0.1, 0.15) is 17.5 Å². The van der Waals surface area contributed by atoms with Gasteiger partial charge in [-0.25, -0.2) is 0 Å². The average Bonchev–Trinajstić information content (AvgIpc) is 2.66. The fraction of sp³-hybridized carbons (Fsp3) is 0.200. The van der Waals surface area contributed by atoms with E-state index < -0.39 is 0 Å². The maximum atomic E-state index is 11.9. The zero-order chi connectivity index (χ0) is 18.8. The lowest BCUT2D eigenvalue weighted by Gasteiger charge is -2.10. The van der Waals surface area contributed by atoms with Gasteiger partial charge in [-0.15, -0.1) is 0 Å². The predicted molar refractivity (Wildman–Crippen MR) is 104 cm³/mol. The van der Waals surface area contributed by atoms with Crippen LogP contribution < -0.4 is 10.1 Å². The van der Waals surface area contributed by atoms with Gasteiger partial charge in [0.2, 0.25) is 5.91 Å². The molecule has 0 spiro atoms. The summed E-state index contributed by atoms with van der Waals surface area (Å²) in [5.74, 6) is 0.0245. The molecular formula is C20H20BrNO4. The van der Waals surface area contributed by atoms with Gasteiger partial charge in [-0.3, -0.25) is 9.59 Å². The topological polar surface area (TPSA) is 64.6 Å². The van der Waals surface area contributed by atoms with E-state index in [2.05, 4.69) is 26.0 Å². The maximum absolute atomic E-state index is 11.9. The van der Waals surface area contributed by atoms with Gasteiger partial charge in [-0.2, -0.15) is 0 Å². The van der Waals surface area contributed by atoms with Crippen LogP contribution in [0, 0.1) is 0 Å². The van der Waals surface area contributed by atoms with E-state index in [0.717, 1.165) is 15.6 Å². The minimum atomic E-state index is -0.363. The average molecular weight is 418 g/mol. The van der Waals surface area contributed by atoms with Crippen molar-refractivity contribution in [1.82, 2.24) is 5.32 Å². The monoisotopic (exact) mass is 417 g/mol. The van der Waals surface area contributed by atoms with E-state index in [-0.39, 0.29) is 24.8 Å². The predicted octanol–water partition coefficient (Wildman–Crippen LogP) is 3.72. The lowest BCUT2D eigenvalue weighted by molar-refractivity contribution is -0.140. The van der Waals surface area contributed by atoms with Crippen molar-refractivity contribution in [2.24, 2.45) is 0 Å². The molecule has 0 heterocycles. The molecular weight excluding hydrogens is 398 g/mol. The highest BCUT2D eigenvalue weighted by Crippen LogP contribution is 2.25. The number of methoxy groups -OCH3 is 1. The second-order valence-electron chi connectivity index (χ2n) is 5.41. The van der Waals surface area contributed by atoms with Crippen molar-refractivity contribution in [3.8, 4) is 5.75 Å². The van der Waals surface area contributed by atoms with Crippen molar-refractivity contribution in [2.75, 3.05) is 13.7 Å². The number of hydrogen-bond donors (Lipinski definition) is 1. The molecule has 26 heavy (non-hydrogen) atoms. The quantitative estimate of drug-likeness (QED) is 0.524. The van der Waals surface area contributed by atoms with Crippen LogP contribution in [0.4, 0.5) is 0 Å². The number of carbonyl (C=O) groups excluding carboxylic acids is 2. The summed E-state index contributed by atoms with van der Waals surface area (Å²) in [7, 11) is 1.31. The van der Waals surface area contributed by atoms with Crippen molar-refractivity contribution in [3.05, 3.63) is 70.2 Å². The van der Waals surface area contributed by atoms with Gasteiger partial charge in [-0.05, 0) is 29.8 Å². The van der Waals surface area contributed by atoms with Crippen LogP contribution in [0.3, 0.4) is 0 Å². The third kappa shape index (κ3) is 6.72. The number of amides is 1. The molecule has 2 aromatic rings. The van der Waals surface area contributed by atoms with Crippen LogP contribution in [-0.4, -0.2) is 25.5 Å². The van der Waals surface area contributed by atoms with Crippen molar-refractivity contribution >= 4 is 33.9 Å². The highest BCUT2D eigenvalue weighted by molar-refractivity contribution is 9.10. The minimum Gasteiger partial charge on any atom is -0.488 e. The fourth-order valence-electron chi connectivity index (χ4n) is 2.13. The van der Waals surface area contributed by atoms with Gasteiger partial charge in [0.1, 0.15) is 12.4 Å². The third-order valence-corrected chi connectivity index (χ3v) is 3.97. The molecule has 0 unspecified atom stereocenters. The van der Waals surface area contributed by atoms with Crippen LogP contribution >= 0.6 is 15.9 Å². The molecule has 0 aliphatic heterocycles. The molecule has 0 aromatic heterocycles. The van der Waals surface area contributed by atoms with E-state index in [1.54, 1.807) is 6.08 Å². The lowest BCUT2D eigenvalue weighted by Crippen LogP contribution is -2.24. The smallest absolute Gasteiger partial charge is 0.307 e. The van der Waals surface area contributed by atoms with Gasteiger partial charge in [-0.1, -0.05) is 46.3 Å². The van der Waals surface area contributed by atoms with Gasteiger partial charge < -0.3 is 14.8 Å². The molecule has 6 heteroatoms.